The fourth-order valence-electron chi connectivity index (χ4n) is 3.09. The first-order chi connectivity index (χ1) is 11.8. The normalized spacial score (nSPS) is 16.3. The lowest BCUT2D eigenvalue weighted by atomic mass is 9.95. The summed E-state index contributed by atoms with van der Waals surface area (Å²) in [7, 11) is 1.66. The molecule has 0 N–H and O–H groups in total. The van der Waals surface area contributed by atoms with Gasteiger partial charge in [0.1, 0.15) is 11.6 Å². The van der Waals surface area contributed by atoms with Crippen LogP contribution in [0.4, 0.5) is 0 Å². The molecule has 6 nitrogen and oxygen atoms in total. The number of para-hydroxylation sites is 1. The molecule has 0 saturated carbocycles. The van der Waals surface area contributed by atoms with Gasteiger partial charge in [0.15, 0.2) is 11.5 Å². The van der Waals surface area contributed by atoms with Crippen LogP contribution >= 0.6 is 0 Å². The third kappa shape index (κ3) is 2.50. The van der Waals surface area contributed by atoms with E-state index in [-0.39, 0.29) is 5.92 Å². The van der Waals surface area contributed by atoms with Gasteiger partial charge >= 0.3 is 0 Å². The molecule has 6 heteroatoms. The third-order valence-electron chi connectivity index (χ3n) is 4.19. The zero-order valence-electron chi connectivity index (χ0n) is 13.6. The maximum Gasteiger partial charge on any atom is 0.164 e. The standard InChI is InChI=1S/C18H18N4O2/c1-12-20-18(22(21-12)15-6-8-19-9-7-15)14-10-13-4-3-5-16(23-2)17(13)24-11-14/h3-9,14H,10-11H2,1-2H3/t14-/m0/s1. The fraction of sp³-hybridized carbons (Fsp3) is 0.278. The van der Waals surface area contributed by atoms with E-state index < -0.39 is 0 Å². The Bertz CT molecular complexity index is 861. The Hall–Kier alpha value is -2.89. The van der Waals surface area contributed by atoms with Crippen LogP contribution in [-0.4, -0.2) is 33.5 Å². The summed E-state index contributed by atoms with van der Waals surface area (Å²) in [6.07, 6.45) is 4.36. The van der Waals surface area contributed by atoms with Crippen LogP contribution in [0.25, 0.3) is 5.69 Å². The molecule has 4 rings (SSSR count). The number of rotatable bonds is 3. The third-order valence-corrected chi connectivity index (χ3v) is 4.19. The van der Waals surface area contributed by atoms with Gasteiger partial charge in [-0.25, -0.2) is 9.67 Å². The van der Waals surface area contributed by atoms with Crippen molar-refractivity contribution in [3.8, 4) is 17.2 Å². The number of hydrogen-bond donors (Lipinski definition) is 0. The molecule has 122 valence electrons. The Kier molecular flexibility index (Phi) is 3.65. The smallest absolute Gasteiger partial charge is 0.164 e. The summed E-state index contributed by atoms with van der Waals surface area (Å²) in [6.45, 7) is 2.46. The zero-order chi connectivity index (χ0) is 16.5. The van der Waals surface area contributed by atoms with Crippen molar-refractivity contribution >= 4 is 0 Å². The van der Waals surface area contributed by atoms with Gasteiger partial charge < -0.3 is 9.47 Å². The molecule has 0 saturated heterocycles. The van der Waals surface area contributed by atoms with E-state index in [2.05, 4.69) is 21.1 Å². The second kappa shape index (κ2) is 5.96. The van der Waals surface area contributed by atoms with Crippen molar-refractivity contribution in [2.45, 2.75) is 19.3 Å². The second-order valence-corrected chi connectivity index (χ2v) is 5.80. The summed E-state index contributed by atoms with van der Waals surface area (Å²) in [5, 5.41) is 4.54. The average molecular weight is 322 g/mol. The van der Waals surface area contributed by atoms with Gasteiger partial charge in [-0.15, -0.1) is 0 Å². The molecule has 0 bridgehead atoms. The molecule has 0 unspecified atom stereocenters. The minimum Gasteiger partial charge on any atom is -0.493 e. The molecule has 1 atom stereocenters. The number of aromatic nitrogens is 4. The average Bonchev–Trinajstić information content (AvgIpc) is 3.03. The van der Waals surface area contributed by atoms with Gasteiger partial charge in [0.25, 0.3) is 0 Å². The van der Waals surface area contributed by atoms with Crippen molar-refractivity contribution in [3.63, 3.8) is 0 Å². The topological polar surface area (TPSA) is 62.1 Å². The highest BCUT2D eigenvalue weighted by Crippen LogP contribution is 2.38. The molecule has 3 aromatic rings. The van der Waals surface area contributed by atoms with Crippen molar-refractivity contribution < 1.29 is 9.47 Å². The molecular weight excluding hydrogens is 304 g/mol. The molecule has 3 heterocycles. The van der Waals surface area contributed by atoms with Crippen LogP contribution in [0.2, 0.25) is 0 Å². The molecule has 0 fully saturated rings. The molecule has 1 aromatic carbocycles. The molecule has 0 spiro atoms. The van der Waals surface area contributed by atoms with Crippen LogP contribution in [-0.2, 0) is 6.42 Å². The first kappa shape index (κ1) is 14.7. The number of pyridine rings is 1. The first-order valence-electron chi connectivity index (χ1n) is 7.89. The molecule has 24 heavy (non-hydrogen) atoms. The van der Waals surface area contributed by atoms with Crippen molar-refractivity contribution in [2.75, 3.05) is 13.7 Å². The molecule has 1 aliphatic rings. The lowest BCUT2D eigenvalue weighted by Crippen LogP contribution is -2.23. The number of hydrogen-bond acceptors (Lipinski definition) is 5. The Morgan fingerprint density at radius 2 is 2.04 bits per heavy atom. The minimum absolute atomic E-state index is 0.138. The molecule has 1 aliphatic heterocycles. The summed E-state index contributed by atoms with van der Waals surface area (Å²) in [6, 6.07) is 9.84. The van der Waals surface area contributed by atoms with Gasteiger partial charge in [0.05, 0.1) is 25.3 Å². The van der Waals surface area contributed by atoms with Gasteiger partial charge in [0.2, 0.25) is 0 Å². The maximum atomic E-state index is 5.99. The first-order valence-corrected chi connectivity index (χ1v) is 7.89. The van der Waals surface area contributed by atoms with E-state index in [1.807, 2.05) is 35.9 Å². The predicted molar refractivity (Wildman–Crippen MR) is 88.8 cm³/mol. The van der Waals surface area contributed by atoms with E-state index in [1.165, 1.54) is 0 Å². The van der Waals surface area contributed by atoms with Gasteiger partial charge in [-0.2, -0.15) is 5.10 Å². The monoisotopic (exact) mass is 322 g/mol. The quantitative estimate of drug-likeness (QED) is 0.742. The Labute approximate surface area is 140 Å². The number of aryl methyl sites for hydroxylation is 1. The van der Waals surface area contributed by atoms with E-state index in [0.717, 1.165) is 40.8 Å². The van der Waals surface area contributed by atoms with E-state index in [9.17, 15) is 0 Å². The van der Waals surface area contributed by atoms with Crippen LogP contribution in [0.1, 0.15) is 23.1 Å². The maximum absolute atomic E-state index is 5.99. The van der Waals surface area contributed by atoms with E-state index >= 15 is 0 Å². The Morgan fingerprint density at radius 1 is 1.21 bits per heavy atom. The lowest BCUT2D eigenvalue weighted by molar-refractivity contribution is 0.242. The predicted octanol–water partition coefficient (Wildman–Crippen LogP) is 2.70. The van der Waals surface area contributed by atoms with Crippen molar-refractivity contribution in [1.82, 2.24) is 19.7 Å². The fourth-order valence-corrected chi connectivity index (χ4v) is 3.09. The summed E-state index contributed by atoms with van der Waals surface area (Å²) in [5.41, 5.74) is 2.09. The van der Waals surface area contributed by atoms with Crippen LogP contribution in [0.3, 0.4) is 0 Å². The second-order valence-electron chi connectivity index (χ2n) is 5.80. The van der Waals surface area contributed by atoms with Gasteiger partial charge in [-0.1, -0.05) is 12.1 Å². The zero-order valence-corrected chi connectivity index (χ0v) is 13.6. The summed E-state index contributed by atoms with van der Waals surface area (Å²) in [4.78, 5) is 8.71. The molecular formula is C18H18N4O2. The SMILES string of the molecule is COc1cccc2c1OC[C@@H](c1nc(C)nn1-c1ccncc1)C2. The largest absolute Gasteiger partial charge is 0.493 e. The van der Waals surface area contributed by atoms with Crippen LogP contribution < -0.4 is 9.47 Å². The van der Waals surface area contributed by atoms with Crippen molar-refractivity contribution in [2.24, 2.45) is 0 Å². The Balaban J connectivity index is 1.71. The highest BCUT2D eigenvalue weighted by atomic mass is 16.5. The van der Waals surface area contributed by atoms with E-state index in [1.54, 1.807) is 19.5 Å². The summed E-state index contributed by atoms with van der Waals surface area (Å²) < 4.78 is 13.3. The molecule has 0 aliphatic carbocycles. The van der Waals surface area contributed by atoms with Crippen LogP contribution in [0, 0.1) is 6.92 Å². The van der Waals surface area contributed by atoms with Crippen molar-refractivity contribution in [3.05, 3.63) is 59.9 Å². The summed E-state index contributed by atoms with van der Waals surface area (Å²) >= 11 is 0. The molecule has 2 aromatic heterocycles. The summed E-state index contributed by atoms with van der Waals surface area (Å²) in [5.74, 6) is 3.41. The highest BCUT2D eigenvalue weighted by molar-refractivity contribution is 5.48. The number of benzene rings is 1. The molecule has 0 radical (unpaired) electrons. The highest BCUT2D eigenvalue weighted by Gasteiger charge is 2.28. The number of nitrogens with zero attached hydrogens (tertiary/aromatic N) is 4. The van der Waals surface area contributed by atoms with Crippen molar-refractivity contribution in [1.29, 1.82) is 0 Å². The van der Waals surface area contributed by atoms with Gasteiger partial charge in [0, 0.05) is 12.4 Å². The number of ether oxygens (including phenoxy) is 2. The lowest BCUT2D eigenvalue weighted by Gasteiger charge is -2.26. The Morgan fingerprint density at radius 3 is 2.83 bits per heavy atom. The van der Waals surface area contributed by atoms with Gasteiger partial charge in [-0.3, -0.25) is 4.98 Å². The van der Waals surface area contributed by atoms with E-state index in [0.29, 0.717) is 6.61 Å². The van der Waals surface area contributed by atoms with E-state index in [4.69, 9.17) is 9.47 Å². The molecule has 0 amide bonds. The number of fused-ring (bicyclic) bond motifs is 1. The van der Waals surface area contributed by atoms with Gasteiger partial charge in [-0.05, 0) is 37.1 Å². The number of methoxy groups -OCH3 is 1. The minimum atomic E-state index is 0.138. The van der Waals surface area contributed by atoms with Crippen LogP contribution in [0.5, 0.6) is 11.5 Å². The van der Waals surface area contributed by atoms with Crippen LogP contribution in [0.15, 0.2) is 42.7 Å².